The third-order valence-electron chi connectivity index (χ3n) is 2.86. The fourth-order valence-corrected chi connectivity index (χ4v) is 2.05. The maximum Gasteiger partial charge on any atom is 0.339 e. The van der Waals surface area contributed by atoms with Crippen molar-refractivity contribution < 1.29 is 19.4 Å². The number of carboxylic acid groups (broad SMARTS) is 1. The first-order valence-corrected chi connectivity index (χ1v) is 6.68. The Hall–Kier alpha value is -2.21. The highest BCUT2D eigenvalue weighted by molar-refractivity contribution is 6.31. The van der Waals surface area contributed by atoms with E-state index in [2.05, 4.69) is 5.10 Å². The van der Waals surface area contributed by atoms with Crippen LogP contribution >= 0.6 is 11.6 Å². The number of carbonyl (C=O) groups is 1. The van der Waals surface area contributed by atoms with Crippen LogP contribution in [0.1, 0.15) is 22.8 Å². The van der Waals surface area contributed by atoms with Gasteiger partial charge in [-0.3, -0.25) is 4.68 Å². The van der Waals surface area contributed by atoms with Crippen LogP contribution in [0.4, 0.5) is 0 Å². The Morgan fingerprint density at radius 2 is 2.24 bits per heavy atom. The first-order valence-electron chi connectivity index (χ1n) is 6.30. The average Bonchev–Trinajstić information content (AvgIpc) is 2.92. The molecule has 0 unspecified atom stereocenters. The second kappa shape index (κ2) is 6.49. The van der Waals surface area contributed by atoms with Crippen LogP contribution in [0.3, 0.4) is 0 Å². The van der Waals surface area contributed by atoms with Gasteiger partial charge in [0.15, 0.2) is 11.5 Å². The fourth-order valence-electron chi connectivity index (χ4n) is 1.84. The SMILES string of the molecule is CCn1cc(COc2c(OC)cc(Cl)cc2C(=O)O)cn1. The quantitative estimate of drug-likeness (QED) is 0.888. The minimum absolute atomic E-state index is 0.0396. The van der Waals surface area contributed by atoms with Crippen LogP contribution in [0.15, 0.2) is 24.5 Å². The monoisotopic (exact) mass is 310 g/mol. The summed E-state index contributed by atoms with van der Waals surface area (Å²) in [6.45, 7) is 2.92. The molecule has 6 nitrogen and oxygen atoms in total. The van der Waals surface area contributed by atoms with Crippen LogP contribution < -0.4 is 9.47 Å². The van der Waals surface area contributed by atoms with Crippen molar-refractivity contribution in [2.24, 2.45) is 0 Å². The molecule has 0 fully saturated rings. The molecule has 2 rings (SSSR count). The molecule has 0 aliphatic rings. The van der Waals surface area contributed by atoms with Crippen molar-refractivity contribution in [3.8, 4) is 11.5 Å². The molecule has 21 heavy (non-hydrogen) atoms. The third kappa shape index (κ3) is 3.46. The van der Waals surface area contributed by atoms with E-state index in [1.54, 1.807) is 10.9 Å². The molecule has 0 saturated heterocycles. The second-order valence-electron chi connectivity index (χ2n) is 4.28. The third-order valence-corrected chi connectivity index (χ3v) is 3.08. The molecule has 112 valence electrons. The van der Waals surface area contributed by atoms with Crippen LogP contribution in [0.25, 0.3) is 0 Å². The molecule has 1 aromatic heterocycles. The number of aromatic nitrogens is 2. The van der Waals surface area contributed by atoms with Gasteiger partial charge in [0, 0.05) is 29.4 Å². The largest absolute Gasteiger partial charge is 0.493 e. The zero-order valence-electron chi connectivity index (χ0n) is 11.7. The Morgan fingerprint density at radius 3 is 2.81 bits per heavy atom. The van der Waals surface area contributed by atoms with E-state index in [-0.39, 0.29) is 28.7 Å². The Balaban J connectivity index is 2.27. The lowest BCUT2D eigenvalue weighted by atomic mass is 10.2. The maximum atomic E-state index is 11.3. The zero-order valence-corrected chi connectivity index (χ0v) is 12.4. The Bertz CT molecular complexity index is 654. The fraction of sp³-hybridized carbons (Fsp3) is 0.286. The van der Waals surface area contributed by atoms with E-state index < -0.39 is 5.97 Å². The highest BCUT2D eigenvalue weighted by Crippen LogP contribution is 2.35. The van der Waals surface area contributed by atoms with Crippen molar-refractivity contribution in [2.45, 2.75) is 20.1 Å². The molecule has 0 amide bonds. The summed E-state index contributed by atoms with van der Waals surface area (Å²) in [5, 5.41) is 13.6. The van der Waals surface area contributed by atoms with Gasteiger partial charge in [0.05, 0.1) is 13.3 Å². The number of hydrogen-bond acceptors (Lipinski definition) is 4. The van der Waals surface area contributed by atoms with Gasteiger partial charge in [0.2, 0.25) is 0 Å². The van der Waals surface area contributed by atoms with E-state index >= 15 is 0 Å². The minimum Gasteiger partial charge on any atom is -0.493 e. The topological polar surface area (TPSA) is 73.6 Å². The predicted octanol–water partition coefficient (Wildman–Crippen LogP) is 2.84. The van der Waals surface area contributed by atoms with Crippen molar-refractivity contribution in [3.63, 3.8) is 0 Å². The zero-order chi connectivity index (χ0) is 15.4. The maximum absolute atomic E-state index is 11.3. The molecular formula is C14H15ClN2O4. The van der Waals surface area contributed by atoms with Gasteiger partial charge in [0.25, 0.3) is 0 Å². The van der Waals surface area contributed by atoms with E-state index in [0.717, 1.165) is 12.1 Å². The lowest BCUT2D eigenvalue weighted by Crippen LogP contribution is -2.05. The number of halogens is 1. The Kier molecular flexibility index (Phi) is 4.70. The van der Waals surface area contributed by atoms with E-state index in [4.69, 9.17) is 21.1 Å². The summed E-state index contributed by atoms with van der Waals surface area (Å²) in [6.07, 6.45) is 3.51. The van der Waals surface area contributed by atoms with Gasteiger partial charge in [-0.15, -0.1) is 0 Å². The predicted molar refractivity (Wildman–Crippen MR) is 77.2 cm³/mol. The van der Waals surface area contributed by atoms with Gasteiger partial charge in [0.1, 0.15) is 12.2 Å². The number of hydrogen-bond donors (Lipinski definition) is 1. The molecule has 1 N–H and O–H groups in total. The summed E-state index contributed by atoms with van der Waals surface area (Å²) in [5.41, 5.74) is 0.799. The van der Waals surface area contributed by atoms with Gasteiger partial charge in [-0.2, -0.15) is 5.10 Å². The molecule has 1 heterocycles. The van der Waals surface area contributed by atoms with Gasteiger partial charge in [-0.25, -0.2) is 4.79 Å². The minimum atomic E-state index is -1.13. The smallest absolute Gasteiger partial charge is 0.339 e. The second-order valence-corrected chi connectivity index (χ2v) is 4.72. The number of rotatable bonds is 6. The van der Waals surface area contributed by atoms with Crippen molar-refractivity contribution in [3.05, 3.63) is 40.7 Å². The number of aryl methyl sites for hydroxylation is 1. The summed E-state index contributed by atoms with van der Waals surface area (Å²) in [7, 11) is 1.43. The van der Waals surface area contributed by atoms with Crippen LogP contribution in [0.2, 0.25) is 5.02 Å². The van der Waals surface area contributed by atoms with E-state index in [0.29, 0.717) is 0 Å². The molecule has 7 heteroatoms. The van der Waals surface area contributed by atoms with Crippen LogP contribution in [-0.4, -0.2) is 28.0 Å². The molecule has 1 aromatic carbocycles. The molecule has 0 aliphatic heterocycles. The van der Waals surface area contributed by atoms with Crippen LogP contribution in [0, 0.1) is 0 Å². The van der Waals surface area contributed by atoms with Crippen molar-refractivity contribution >= 4 is 17.6 Å². The first-order chi connectivity index (χ1) is 10.0. The lowest BCUT2D eigenvalue weighted by Gasteiger charge is -2.13. The molecule has 0 saturated carbocycles. The Labute approximate surface area is 126 Å². The number of nitrogens with zero attached hydrogens (tertiary/aromatic N) is 2. The van der Waals surface area contributed by atoms with E-state index in [1.165, 1.54) is 19.2 Å². The lowest BCUT2D eigenvalue weighted by molar-refractivity contribution is 0.0691. The molecular weight excluding hydrogens is 296 g/mol. The van der Waals surface area contributed by atoms with Gasteiger partial charge in [-0.05, 0) is 13.0 Å². The van der Waals surface area contributed by atoms with Gasteiger partial charge in [-0.1, -0.05) is 11.6 Å². The van der Waals surface area contributed by atoms with Crippen molar-refractivity contribution in [1.29, 1.82) is 0 Å². The number of benzene rings is 1. The Morgan fingerprint density at radius 1 is 1.48 bits per heavy atom. The number of methoxy groups -OCH3 is 1. The standard InChI is InChI=1S/C14H15ClN2O4/c1-3-17-7-9(6-16-17)8-21-13-11(14(18)19)4-10(15)5-12(13)20-2/h4-7H,3,8H2,1-2H3,(H,18,19). The van der Waals surface area contributed by atoms with Gasteiger partial charge >= 0.3 is 5.97 Å². The number of carboxylic acids is 1. The molecule has 0 bridgehead atoms. The number of ether oxygens (including phenoxy) is 2. The highest BCUT2D eigenvalue weighted by atomic mass is 35.5. The van der Waals surface area contributed by atoms with Gasteiger partial charge < -0.3 is 14.6 Å². The molecule has 0 aliphatic carbocycles. The summed E-state index contributed by atoms with van der Waals surface area (Å²) in [4.78, 5) is 11.3. The van der Waals surface area contributed by atoms with Crippen LogP contribution in [-0.2, 0) is 13.2 Å². The first kappa shape index (κ1) is 15.2. The molecule has 0 atom stereocenters. The highest BCUT2D eigenvalue weighted by Gasteiger charge is 2.18. The van der Waals surface area contributed by atoms with Crippen LogP contribution in [0.5, 0.6) is 11.5 Å². The molecule has 0 spiro atoms. The molecule has 2 aromatic rings. The molecule has 0 radical (unpaired) electrons. The van der Waals surface area contributed by atoms with E-state index in [9.17, 15) is 9.90 Å². The summed E-state index contributed by atoms with van der Waals surface area (Å²) in [6, 6.07) is 2.84. The average molecular weight is 311 g/mol. The summed E-state index contributed by atoms with van der Waals surface area (Å²) < 4.78 is 12.5. The number of aromatic carboxylic acids is 1. The van der Waals surface area contributed by atoms with E-state index in [1.807, 2.05) is 13.1 Å². The summed E-state index contributed by atoms with van der Waals surface area (Å²) in [5.74, 6) is -0.698. The van der Waals surface area contributed by atoms with Crippen molar-refractivity contribution in [2.75, 3.05) is 7.11 Å². The summed E-state index contributed by atoms with van der Waals surface area (Å²) >= 11 is 5.87. The van der Waals surface area contributed by atoms with Crippen molar-refractivity contribution in [1.82, 2.24) is 9.78 Å². The normalized spacial score (nSPS) is 10.4.